The van der Waals surface area contributed by atoms with Gasteiger partial charge in [0.15, 0.2) is 6.61 Å². The van der Waals surface area contributed by atoms with Crippen LogP contribution < -0.4 is 4.74 Å². The van der Waals surface area contributed by atoms with E-state index in [1.54, 1.807) is 17.0 Å². The van der Waals surface area contributed by atoms with E-state index in [0.29, 0.717) is 30.2 Å². The lowest BCUT2D eigenvalue weighted by molar-refractivity contribution is -0.146. The standard InChI is InChI=1S/C15H18ClNO4/c1-10-4-5-12(16)13(7-10)21-9-14(18)17-6-2-3-11(8-17)15(19)20/h4-5,7,11H,2-3,6,8-9H2,1H3,(H,19,20)/t11-/m1/s1. The molecule has 1 aliphatic rings. The van der Waals surface area contributed by atoms with Gasteiger partial charge in [0.05, 0.1) is 10.9 Å². The number of piperidine rings is 1. The van der Waals surface area contributed by atoms with Gasteiger partial charge in [0, 0.05) is 13.1 Å². The van der Waals surface area contributed by atoms with Gasteiger partial charge in [-0.1, -0.05) is 17.7 Å². The third-order valence-electron chi connectivity index (χ3n) is 3.56. The van der Waals surface area contributed by atoms with Crippen LogP contribution >= 0.6 is 11.6 Å². The minimum Gasteiger partial charge on any atom is -0.482 e. The second kappa shape index (κ2) is 6.80. The summed E-state index contributed by atoms with van der Waals surface area (Å²) in [6.45, 7) is 2.61. The van der Waals surface area contributed by atoms with Crippen molar-refractivity contribution in [2.24, 2.45) is 5.92 Å². The van der Waals surface area contributed by atoms with Crippen LogP contribution in [0.4, 0.5) is 0 Å². The van der Waals surface area contributed by atoms with Crippen molar-refractivity contribution in [2.75, 3.05) is 19.7 Å². The lowest BCUT2D eigenvalue weighted by Crippen LogP contribution is -2.44. The molecule has 1 heterocycles. The molecule has 1 atom stereocenters. The zero-order chi connectivity index (χ0) is 15.4. The number of aliphatic carboxylic acids is 1. The first-order valence-electron chi connectivity index (χ1n) is 6.87. The molecule has 0 unspecified atom stereocenters. The van der Waals surface area contributed by atoms with Crippen LogP contribution in [0.2, 0.25) is 5.02 Å². The molecule has 0 bridgehead atoms. The monoisotopic (exact) mass is 311 g/mol. The van der Waals surface area contributed by atoms with E-state index in [-0.39, 0.29) is 19.1 Å². The van der Waals surface area contributed by atoms with Gasteiger partial charge in [-0.05, 0) is 37.5 Å². The molecular weight excluding hydrogens is 294 g/mol. The molecule has 0 saturated carbocycles. The molecule has 2 rings (SSSR count). The van der Waals surface area contributed by atoms with Gasteiger partial charge < -0.3 is 14.7 Å². The summed E-state index contributed by atoms with van der Waals surface area (Å²) in [6, 6.07) is 5.35. The van der Waals surface area contributed by atoms with E-state index in [1.807, 2.05) is 13.0 Å². The average molecular weight is 312 g/mol. The van der Waals surface area contributed by atoms with Crippen LogP contribution in [0.25, 0.3) is 0 Å². The molecule has 5 nitrogen and oxygen atoms in total. The summed E-state index contributed by atoms with van der Waals surface area (Å²) in [6.07, 6.45) is 1.32. The van der Waals surface area contributed by atoms with Crippen molar-refractivity contribution in [1.29, 1.82) is 0 Å². The predicted molar refractivity (Wildman–Crippen MR) is 78.6 cm³/mol. The number of likely N-dealkylation sites (tertiary alicyclic amines) is 1. The number of amides is 1. The third-order valence-corrected chi connectivity index (χ3v) is 3.87. The molecular formula is C15H18ClNO4. The fraction of sp³-hybridized carbons (Fsp3) is 0.467. The highest BCUT2D eigenvalue weighted by atomic mass is 35.5. The molecule has 114 valence electrons. The van der Waals surface area contributed by atoms with Crippen LogP contribution in [0.5, 0.6) is 5.75 Å². The summed E-state index contributed by atoms with van der Waals surface area (Å²) in [7, 11) is 0. The van der Waals surface area contributed by atoms with Crippen LogP contribution in [0.1, 0.15) is 18.4 Å². The summed E-state index contributed by atoms with van der Waals surface area (Å²) < 4.78 is 5.46. The van der Waals surface area contributed by atoms with Crippen molar-refractivity contribution in [1.82, 2.24) is 4.90 Å². The lowest BCUT2D eigenvalue weighted by Gasteiger charge is -2.30. The van der Waals surface area contributed by atoms with Gasteiger partial charge in [-0.2, -0.15) is 0 Å². The number of aryl methyl sites for hydroxylation is 1. The molecule has 0 aromatic heterocycles. The number of ether oxygens (including phenoxy) is 1. The summed E-state index contributed by atoms with van der Waals surface area (Å²) in [5.41, 5.74) is 0.991. The van der Waals surface area contributed by atoms with Gasteiger partial charge in [-0.3, -0.25) is 9.59 Å². The first kappa shape index (κ1) is 15.6. The van der Waals surface area contributed by atoms with Gasteiger partial charge >= 0.3 is 5.97 Å². The van der Waals surface area contributed by atoms with Gasteiger partial charge in [0.25, 0.3) is 5.91 Å². The van der Waals surface area contributed by atoms with E-state index >= 15 is 0 Å². The van der Waals surface area contributed by atoms with E-state index in [2.05, 4.69) is 0 Å². The second-order valence-electron chi connectivity index (χ2n) is 5.24. The summed E-state index contributed by atoms with van der Waals surface area (Å²) >= 11 is 6.00. The highest BCUT2D eigenvalue weighted by Gasteiger charge is 2.28. The Morgan fingerprint density at radius 1 is 1.48 bits per heavy atom. The van der Waals surface area contributed by atoms with Crippen molar-refractivity contribution in [3.05, 3.63) is 28.8 Å². The normalized spacial score (nSPS) is 18.4. The number of carbonyl (C=O) groups excluding carboxylic acids is 1. The average Bonchev–Trinajstić information content (AvgIpc) is 2.48. The third kappa shape index (κ3) is 4.11. The molecule has 1 aliphatic heterocycles. The number of nitrogens with zero attached hydrogens (tertiary/aromatic N) is 1. The van der Waals surface area contributed by atoms with Crippen LogP contribution in [0.15, 0.2) is 18.2 Å². The fourth-order valence-corrected chi connectivity index (χ4v) is 2.53. The second-order valence-corrected chi connectivity index (χ2v) is 5.65. The number of rotatable bonds is 4. The molecule has 1 saturated heterocycles. The number of halogens is 1. The van der Waals surface area contributed by atoms with Gasteiger partial charge in [-0.15, -0.1) is 0 Å². The Balaban J connectivity index is 1.92. The highest BCUT2D eigenvalue weighted by Crippen LogP contribution is 2.25. The molecule has 1 fully saturated rings. The topological polar surface area (TPSA) is 66.8 Å². The molecule has 0 radical (unpaired) electrons. The molecule has 6 heteroatoms. The zero-order valence-electron chi connectivity index (χ0n) is 11.8. The van der Waals surface area contributed by atoms with Gasteiger partial charge in [0.1, 0.15) is 5.75 Å². The van der Waals surface area contributed by atoms with Crippen molar-refractivity contribution in [3.8, 4) is 5.75 Å². The van der Waals surface area contributed by atoms with E-state index in [0.717, 1.165) is 5.56 Å². The smallest absolute Gasteiger partial charge is 0.308 e. The quantitative estimate of drug-likeness (QED) is 0.927. The Bertz CT molecular complexity index is 546. The minimum absolute atomic E-state index is 0.129. The Morgan fingerprint density at radius 3 is 2.95 bits per heavy atom. The maximum Gasteiger partial charge on any atom is 0.308 e. The Hall–Kier alpha value is -1.75. The van der Waals surface area contributed by atoms with Crippen molar-refractivity contribution in [3.63, 3.8) is 0 Å². The van der Waals surface area contributed by atoms with Gasteiger partial charge in [0.2, 0.25) is 0 Å². The Kier molecular flexibility index (Phi) is 5.07. The SMILES string of the molecule is Cc1ccc(Cl)c(OCC(=O)N2CCC[C@@H](C(=O)O)C2)c1. The van der Waals surface area contributed by atoms with E-state index in [9.17, 15) is 9.59 Å². The molecule has 0 spiro atoms. The number of hydrogen-bond acceptors (Lipinski definition) is 3. The molecule has 1 amide bonds. The summed E-state index contributed by atoms with van der Waals surface area (Å²) in [5.74, 6) is -1.07. The van der Waals surface area contributed by atoms with Crippen LogP contribution in [0, 0.1) is 12.8 Å². The van der Waals surface area contributed by atoms with Crippen molar-refractivity contribution < 1.29 is 19.4 Å². The molecule has 0 aliphatic carbocycles. The zero-order valence-corrected chi connectivity index (χ0v) is 12.6. The van der Waals surface area contributed by atoms with E-state index in [4.69, 9.17) is 21.4 Å². The molecule has 1 aromatic rings. The number of carbonyl (C=O) groups is 2. The lowest BCUT2D eigenvalue weighted by atomic mass is 9.98. The number of carboxylic acid groups (broad SMARTS) is 1. The minimum atomic E-state index is -0.852. The first-order valence-corrected chi connectivity index (χ1v) is 7.24. The molecule has 1 aromatic carbocycles. The Morgan fingerprint density at radius 2 is 2.24 bits per heavy atom. The Labute approximate surface area is 128 Å². The van der Waals surface area contributed by atoms with Crippen molar-refractivity contribution >= 4 is 23.5 Å². The number of benzene rings is 1. The number of carboxylic acids is 1. The van der Waals surface area contributed by atoms with Crippen LogP contribution in [0.3, 0.4) is 0 Å². The van der Waals surface area contributed by atoms with Crippen molar-refractivity contribution in [2.45, 2.75) is 19.8 Å². The maximum atomic E-state index is 12.1. The highest BCUT2D eigenvalue weighted by molar-refractivity contribution is 6.32. The maximum absolute atomic E-state index is 12.1. The summed E-state index contributed by atoms with van der Waals surface area (Å²) in [5, 5.41) is 9.48. The summed E-state index contributed by atoms with van der Waals surface area (Å²) in [4.78, 5) is 24.6. The largest absolute Gasteiger partial charge is 0.482 e. The number of hydrogen-bond donors (Lipinski definition) is 1. The van der Waals surface area contributed by atoms with Gasteiger partial charge in [-0.25, -0.2) is 0 Å². The molecule has 1 N–H and O–H groups in total. The predicted octanol–water partition coefficient (Wildman–Crippen LogP) is 2.35. The van der Waals surface area contributed by atoms with E-state index in [1.165, 1.54) is 0 Å². The van der Waals surface area contributed by atoms with E-state index < -0.39 is 11.9 Å². The van der Waals surface area contributed by atoms with Crippen LogP contribution in [-0.2, 0) is 9.59 Å². The first-order chi connectivity index (χ1) is 9.97. The fourth-order valence-electron chi connectivity index (χ4n) is 2.36. The van der Waals surface area contributed by atoms with Crippen LogP contribution in [-0.4, -0.2) is 41.6 Å². The molecule has 21 heavy (non-hydrogen) atoms.